The van der Waals surface area contributed by atoms with Gasteiger partial charge in [0.05, 0.1) is 37.0 Å². The maximum Gasteiger partial charge on any atom is 0.232 e. The van der Waals surface area contributed by atoms with Crippen LogP contribution in [0.15, 0.2) is 17.0 Å². The van der Waals surface area contributed by atoms with E-state index in [9.17, 15) is 0 Å². The zero-order chi connectivity index (χ0) is 23.1. The van der Waals surface area contributed by atoms with Crippen molar-refractivity contribution < 1.29 is 18.7 Å². The van der Waals surface area contributed by atoms with Crippen molar-refractivity contribution in [2.45, 2.75) is 70.3 Å². The van der Waals surface area contributed by atoms with Crippen LogP contribution in [0, 0.1) is 0 Å². The van der Waals surface area contributed by atoms with Gasteiger partial charge in [-0.3, -0.25) is 4.90 Å². The Morgan fingerprint density at radius 1 is 1.15 bits per heavy atom. The van der Waals surface area contributed by atoms with Gasteiger partial charge in [0.15, 0.2) is 0 Å². The molecule has 1 saturated carbocycles. The molecule has 34 heavy (non-hydrogen) atoms. The van der Waals surface area contributed by atoms with E-state index in [0.29, 0.717) is 30.2 Å². The number of fused-ring (bicyclic) bond motifs is 3. The van der Waals surface area contributed by atoms with Crippen LogP contribution in [0.25, 0.3) is 10.2 Å². The molecule has 3 aliphatic rings. The van der Waals surface area contributed by atoms with Gasteiger partial charge < -0.3 is 24.1 Å². The van der Waals surface area contributed by atoms with Crippen molar-refractivity contribution in [1.82, 2.24) is 20.0 Å². The van der Waals surface area contributed by atoms with Crippen molar-refractivity contribution >= 4 is 33.2 Å². The first-order valence-corrected chi connectivity index (χ1v) is 13.0. The number of nitrogens with one attached hydrogen (secondary N) is 1. The smallest absolute Gasteiger partial charge is 0.232 e. The highest BCUT2D eigenvalue weighted by Crippen LogP contribution is 2.43. The van der Waals surface area contributed by atoms with E-state index in [4.69, 9.17) is 28.7 Å². The second-order valence-corrected chi connectivity index (χ2v) is 11.1. The molecule has 2 aliphatic heterocycles. The second-order valence-electron chi connectivity index (χ2n) is 10.00. The summed E-state index contributed by atoms with van der Waals surface area (Å²) in [5.74, 6) is 1.17. The molecule has 0 aromatic carbocycles. The zero-order valence-corrected chi connectivity index (χ0v) is 20.5. The maximum absolute atomic E-state index is 6.65. The molecule has 5 heterocycles. The molecule has 9 nitrogen and oxygen atoms in total. The topological polar surface area (TPSA) is 94.8 Å². The summed E-state index contributed by atoms with van der Waals surface area (Å²) < 4.78 is 23.2. The van der Waals surface area contributed by atoms with Gasteiger partial charge in [0.25, 0.3) is 0 Å². The highest BCUT2D eigenvalue weighted by atomic mass is 32.1. The fraction of sp³-hybridized carbons (Fsp3) is 0.625. The van der Waals surface area contributed by atoms with E-state index in [1.807, 2.05) is 0 Å². The van der Waals surface area contributed by atoms with Crippen molar-refractivity contribution in [1.29, 1.82) is 0 Å². The molecular formula is C24H31N5O4S. The molecule has 10 heteroatoms. The molecule has 6 rings (SSSR count). The second kappa shape index (κ2) is 9.07. The lowest BCUT2D eigenvalue weighted by Crippen LogP contribution is -2.46. The molecule has 2 fully saturated rings. The lowest BCUT2D eigenvalue weighted by Gasteiger charge is -2.38. The van der Waals surface area contributed by atoms with Gasteiger partial charge in [0, 0.05) is 30.4 Å². The number of rotatable bonds is 5. The normalized spacial score (nSPS) is 25.2. The molecule has 3 aromatic heterocycles. The van der Waals surface area contributed by atoms with Gasteiger partial charge in [-0.15, -0.1) is 11.3 Å². The average molecular weight is 486 g/mol. The molecule has 0 radical (unpaired) electrons. The molecule has 1 saturated heterocycles. The first-order valence-electron chi connectivity index (χ1n) is 12.2. The van der Waals surface area contributed by atoms with E-state index in [-0.39, 0.29) is 11.7 Å². The highest BCUT2D eigenvalue weighted by Gasteiger charge is 2.33. The van der Waals surface area contributed by atoms with Crippen LogP contribution in [-0.4, -0.2) is 64.1 Å². The highest BCUT2D eigenvalue weighted by molar-refractivity contribution is 7.18. The number of hydrogen-bond acceptors (Lipinski definition) is 10. The lowest BCUT2D eigenvalue weighted by molar-refractivity contribution is -0.0379. The Morgan fingerprint density at radius 3 is 2.74 bits per heavy atom. The predicted octanol–water partition coefficient (Wildman–Crippen LogP) is 4.30. The Bertz CT molecular complexity index is 1130. The van der Waals surface area contributed by atoms with Crippen molar-refractivity contribution in [2.75, 3.05) is 31.6 Å². The molecule has 3 aromatic rings. The third-order valence-corrected chi connectivity index (χ3v) is 8.17. The first-order chi connectivity index (χ1) is 16.5. The van der Waals surface area contributed by atoms with Gasteiger partial charge in [-0.25, -0.2) is 4.98 Å². The average Bonchev–Trinajstić information content (AvgIpc) is 3.47. The summed E-state index contributed by atoms with van der Waals surface area (Å²) in [7, 11) is 0. The maximum atomic E-state index is 6.65. The molecular weight excluding hydrogens is 454 g/mol. The molecule has 0 spiro atoms. The van der Waals surface area contributed by atoms with Crippen molar-refractivity contribution in [2.24, 2.45) is 0 Å². The SMILES string of the molecule is CC1(C)Cc2c(sc3nc(Nc4cnoc4)nc(OC4CCC(N5CCOCC5)CC4)c23)CO1. The number of thiophene rings is 1. The largest absolute Gasteiger partial charge is 0.474 e. The molecule has 182 valence electrons. The number of morpholine rings is 1. The van der Waals surface area contributed by atoms with Crippen LogP contribution in [0.4, 0.5) is 11.6 Å². The number of ether oxygens (including phenoxy) is 3. The van der Waals surface area contributed by atoms with Crippen LogP contribution in [0.5, 0.6) is 5.88 Å². The van der Waals surface area contributed by atoms with Crippen LogP contribution >= 0.6 is 11.3 Å². The molecule has 1 N–H and O–H groups in total. The minimum Gasteiger partial charge on any atom is -0.474 e. The van der Waals surface area contributed by atoms with Gasteiger partial charge in [0.2, 0.25) is 11.8 Å². The first kappa shape index (κ1) is 22.2. The summed E-state index contributed by atoms with van der Waals surface area (Å²) in [4.78, 5) is 14.4. The number of anilines is 2. The summed E-state index contributed by atoms with van der Waals surface area (Å²) in [6, 6.07) is 0.631. The van der Waals surface area contributed by atoms with Gasteiger partial charge in [0.1, 0.15) is 22.9 Å². The number of nitrogens with zero attached hydrogens (tertiary/aromatic N) is 4. The van der Waals surface area contributed by atoms with Crippen LogP contribution in [0.1, 0.15) is 50.0 Å². The van der Waals surface area contributed by atoms with E-state index in [0.717, 1.165) is 68.6 Å². The standard InChI is InChI=1S/C24H31N5O4S/c1-24(2)11-18-19(14-31-24)34-22-20(18)21(27-23(28-22)26-15-12-25-32-13-15)33-17-5-3-16(4-6-17)29-7-9-30-10-8-29/h12-13,16-17H,3-11,14H2,1-2H3,(H,26,27,28). The summed E-state index contributed by atoms with van der Waals surface area (Å²) in [5.41, 5.74) is 1.76. The Morgan fingerprint density at radius 2 is 1.97 bits per heavy atom. The summed E-state index contributed by atoms with van der Waals surface area (Å²) >= 11 is 1.67. The van der Waals surface area contributed by atoms with E-state index < -0.39 is 0 Å². The number of aromatic nitrogens is 3. The predicted molar refractivity (Wildman–Crippen MR) is 129 cm³/mol. The minimum absolute atomic E-state index is 0.155. The number of hydrogen-bond donors (Lipinski definition) is 1. The van der Waals surface area contributed by atoms with Gasteiger partial charge in [-0.2, -0.15) is 4.98 Å². The van der Waals surface area contributed by atoms with Crippen molar-refractivity contribution in [3.05, 3.63) is 22.9 Å². The summed E-state index contributed by atoms with van der Waals surface area (Å²) in [6.45, 7) is 8.65. The summed E-state index contributed by atoms with van der Waals surface area (Å²) in [6.07, 6.45) is 8.48. The van der Waals surface area contributed by atoms with Gasteiger partial charge in [-0.1, -0.05) is 5.16 Å². The van der Waals surface area contributed by atoms with Gasteiger partial charge in [-0.05, 0) is 45.1 Å². The van der Waals surface area contributed by atoms with E-state index in [2.05, 4.69) is 29.2 Å². The third kappa shape index (κ3) is 4.51. The Kier molecular flexibility index (Phi) is 5.92. The van der Waals surface area contributed by atoms with E-state index in [1.54, 1.807) is 17.5 Å². The van der Waals surface area contributed by atoms with Crippen LogP contribution in [0.3, 0.4) is 0 Å². The lowest BCUT2D eigenvalue weighted by atomic mass is 9.91. The quantitative estimate of drug-likeness (QED) is 0.568. The Hall–Kier alpha value is -2.27. The van der Waals surface area contributed by atoms with Crippen LogP contribution in [-0.2, 0) is 22.5 Å². The Balaban J connectivity index is 1.27. The monoisotopic (exact) mass is 485 g/mol. The fourth-order valence-electron chi connectivity index (χ4n) is 5.28. The molecule has 0 atom stereocenters. The summed E-state index contributed by atoms with van der Waals surface area (Å²) in [5, 5.41) is 8.00. The van der Waals surface area contributed by atoms with Crippen molar-refractivity contribution in [3.8, 4) is 5.88 Å². The van der Waals surface area contributed by atoms with Crippen LogP contribution in [0.2, 0.25) is 0 Å². The molecule has 0 unspecified atom stereocenters. The van der Waals surface area contributed by atoms with Crippen LogP contribution < -0.4 is 10.1 Å². The minimum atomic E-state index is -0.214. The van der Waals surface area contributed by atoms with Crippen molar-refractivity contribution in [3.63, 3.8) is 0 Å². The molecule has 0 amide bonds. The fourth-order valence-corrected chi connectivity index (χ4v) is 6.37. The zero-order valence-electron chi connectivity index (χ0n) is 19.7. The van der Waals surface area contributed by atoms with Gasteiger partial charge >= 0.3 is 0 Å². The van der Waals surface area contributed by atoms with E-state index in [1.165, 1.54) is 16.7 Å². The Labute approximate surface area is 202 Å². The molecule has 1 aliphatic carbocycles. The third-order valence-electron chi connectivity index (χ3n) is 7.07. The van der Waals surface area contributed by atoms with E-state index >= 15 is 0 Å². The molecule has 0 bridgehead atoms.